The minimum atomic E-state index is -0.0148. The smallest absolute Gasteiger partial charge is 0.224 e. The molecule has 6 heteroatoms. The molecule has 2 aromatic rings. The summed E-state index contributed by atoms with van der Waals surface area (Å²) >= 11 is 5.97. The molecule has 0 fully saturated rings. The molecule has 0 unspecified atom stereocenters. The molecule has 0 spiro atoms. The Morgan fingerprint density at radius 1 is 1.17 bits per heavy atom. The molecule has 0 aliphatic heterocycles. The molecule has 0 bridgehead atoms. The van der Waals surface area contributed by atoms with Gasteiger partial charge in [-0.15, -0.1) is 12.4 Å². The highest BCUT2D eigenvalue weighted by atomic mass is 35.5. The van der Waals surface area contributed by atoms with E-state index in [0.717, 1.165) is 18.5 Å². The van der Waals surface area contributed by atoms with E-state index in [2.05, 4.69) is 10.6 Å². The lowest BCUT2D eigenvalue weighted by molar-refractivity contribution is -0.116. The van der Waals surface area contributed by atoms with Crippen molar-refractivity contribution >= 4 is 35.6 Å². The van der Waals surface area contributed by atoms with Gasteiger partial charge in [0.15, 0.2) is 0 Å². The maximum Gasteiger partial charge on any atom is 0.224 e. The number of halogens is 2. The van der Waals surface area contributed by atoms with Crippen molar-refractivity contribution < 1.29 is 9.53 Å². The number of carbonyl (C=O) groups is 1. The molecule has 2 rings (SSSR count). The molecule has 24 heavy (non-hydrogen) atoms. The molecule has 0 heterocycles. The molecule has 2 aromatic carbocycles. The Balaban J connectivity index is 0.00000288. The van der Waals surface area contributed by atoms with Crippen LogP contribution >= 0.6 is 24.0 Å². The molecule has 130 valence electrons. The fourth-order valence-electron chi connectivity index (χ4n) is 2.12. The van der Waals surface area contributed by atoms with E-state index in [1.54, 1.807) is 0 Å². The summed E-state index contributed by atoms with van der Waals surface area (Å²) in [7, 11) is 1.87. The van der Waals surface area contributed by atoms with Crippen LogP contribution in [0.2, 0.25) is 5.02 Å². The average Bonchev–Trinajstić information content (AvgIpc) is 2.54. The van der Waals surface area contributed by atoms with Crippen molar-refractivity contribution in [1.82, 2.24) is 5.32 Å². The van der Waals surface area contributed by atoms with E-state index in [9.17, 15) is 4.79 Å². The third-order valence-corrected chi connectivity index (χ3v) is 3.51. The van der Waals surface area contributed by atoms with Crippen molar-refractivity contribution in [1.29, 1.82) is 0 Å². The molecule has 0 saturated carbocycles. The van der Waals surface area contributed by atoms with Crippen molar-refractivity contribution in [3.63, 3.8) is 0 Å². The predicted molar refractivity (Wildman–Crippen MR) is 101 cm³/mol. The molecule has 0 saturated heterocycles. The number of ether oxygens (including phenoxy) is 1. The molecule has 0 aliphatic carbocycles. The fraction of sp³-hybridized carbons (Fsp3) is 0.278. The summed E-state index contributed by atoms with van der Waals surface area (Å²) in [4.78, 5) is 11.9. The van der Waals surface area contributed by atoms with E-state index in [4.69, 9.17) is 16.3 Å². The molecule has 0 radical (unpaired) electrons. The van der Waals surface area contributed by atoms with E-state index >= 15 is 0 Å². The molecule has 0 atom stereocenters. The number of hydrogen-bond donors (Lipinski definition) is 2. The number of hydrogen-bond acceptors (Lipinski definition) is 3. The first-order valence-electron chi connectivity index (χ1n) is 7.60. The van der Waals surface area contributed by atoms with Crippen LogP contribution in [0.5, 0.6) is 5.75 Å². The van der Waals surface area contributed by atoms with Crippen molar-refractivity contribution in [2.45, 2.75) is 19.4 Å². The molecule has 4 nitrogen and oxygen atoms in total. The molecular formula is C18H22Cl2N2O2. The van der Waals surface area contributed by atoms with Gasteiger partial charge >= 0.3 is 0 Å². The molecular weight excluding hydrogens is 347 g/mol. The van der Waals surface area contributed by atoms with E-state index < -0.39 is 0 Å². The lowest BCUT2D eigenvalue weighted by atomic mass is 10.2. The van der Waals surface area contributed by atoms with Crippen LogP contribution in [0.1, 0.15) is 18.4 Å². The van der Waals surface area contributed by atoms with Crippen LogP contribution in [0.4, 0.5) is 5.69 Å². The molecule has 0 aromatic heterocycles. The van der Waals surface area contributed by atoms with Gasteiger partial charge < -0.3 is 15.4 Å². The second-order valence-corrected chi connectivity index (χ2v) is 5.61. The van der Waals surface area contributed by atoms with Gasteiger partial charge in [-0.2, -0.15) is 0 Å². The summed E-state index contributed by atoms with van der Waals surface area (Å²) in [5.41, 5.74) is 1.66. The van der Waals surface area contributed by atoms with Crippen LogP contribution in [-0.4, -0.2) is 19.5 Å². The number of rotatable bonds is 8. The van der Waals surface area contributed by atoms with Crippen molar-refractivity contribution in [3.05, 3.63) is 59.1 Å². The summed E-state index contributed by atoms with van der Waals surface area (Å²) in [6, 6.07) is 14.9. The Labute approximate surface area is 154 Å². The zero-order chi connectivity index (χ0) is 16.5. The maximum atomic E-state index is 11.9. The number of benzene rings is 2. The predicted octanol–water partition coefficient (Wildman–Crippen LogP) is 4.28. The fourth-order valence-corrected chi connectivity index (χ4v) is 2.33. The second-order valence-electron chi connectivity index (χ2n) is 5.17. The third-order valence-electron chi connectivity index (χ3n) is 3.28. The van der Waals surface area contributed by atoms with Crippen LogP contribution in [-0.2, 0) is 11.4 Å². The largest absolute Gasteiger partial charge is 0.487 e. The summed E-state index contributed by atoms with van der Waals surface area (Å²) in [6.07, 6.45) is 1.28. The van der Waals surface area contributed by atoms with Gasteiger partial charge in [-0.3, -0.25) is 4.79 Å². The zero-order valence-corrected chi connectivity index (χ0v) is 15.1. The normalized spacial score (nSPS) is 9.92. The highest BCUT2D eigenvalue weighted by molar-refractivity contribution is 6.30. The van der Waals surface area contributed by atoms with E-state index in [1.165, 1.54) is 0 Å². The summed E-state index contributed by atoms with van der Waals surface area (Å²) in [5, 5.41) is 6.60. The SMILES string of the molecule is CNCCCC(=O)Nc1ccccc1OCc1cccc(Cl)c1.Cl. The van der Waals surface area contributed by atoms with Crippen LogP contribution < -0.4 is 15.4 Å². The van der Waals surface area contributed by atoms with Crippen LogP contribution in [0.25, 0.3) is 0 Å². The third kappa shape index (κ3) is 6.79. The van der Waals surface area contributed by atoms with E-state index in [0.29, 0.717) is 29.5 Å². The highest BCUT2D eigenvalue weighted by Gasteiger charge is 2.07. The van der Waals surface area contributed by atoms with Gasteiger partial charge in [-0.1, -0.05) is 35.9 Å². The first-order chi connectivity index (χ1) is 11.2. The standard InChI is InChI=1S/C18H21ClN2O2.ClH/c1-20-11-5-10-18(22)21-16-8-2-3-9-17(16)23-13-14-6-4-7-15(19)12-14;/h2-4,6-9,12,20H,5,10-11,13H2,1H3,(H,21,22);1H. The summed E-state index contributed by atoms with van der Waals surface area (Å²) in [6.45, 7) is 1.22. The summed E-state index contributed by atoms with van der Waals surface area (Å²) < 4.78 is 5.82. The lowest BCUT2D eigenvalue weighted by Crippen LogP contribution is -2.15. The number of amides is 1. The number of anilines is 1. The Hall–Kier alpha value is -1.75. The quantitative estimate of drug-likeness (QED) is 0.683. The van der Waals surface area contributed by atoms with Crippen LogP contribution in [0.3, 0.4) is 0 Å². The van der Waals surface area contributed by atoms with Gasteiger partial charge in [0.2, 0.25) is 5.91 Å². The van der Waals surface area contributed by atoms with Crippen LogP contribution in [0, 0.1) is 0 Å². The average molecular weight is 369 g/mol. The minimum Gasteiger partial charge on any atom is -0.487 e. The van der Waals surface area contributed by atoms with Gasteiger partial charge in [0.1, 0.15) is 12.4 Å². The van der Waals surface area contributed by atoms with Crippen LogP contribution in [0.15, 0.2) is 48.5 Å². The topological polar surface area (TPSA) is 50.4 Å². The number of carbonyl (C=O) groups excluding carboxylic acids is 1. The Morgan fingerprint density at radius 3 is 2.71 bits per heavy atom. The van der Waals surface area contributed by atoms with Gasteiger partial charge in [-0.05, 0) is 49.8 Å². The lowest BCUT2D eigenvalue weighted by Gasteiger charge is -2.12. The Morgan fingerprint density at radius 2 is 1.96 bits per heavy atom. The van der Waals surface area contributed by atoms with Crippen molar-refractivity contribution in [3.8, 4) is 5.75 Å². The van der Waals surface area contributed by atoms with Gasteiger partial charge in [0.05, 0.1) is 5.69 Å². The summed E-state index contributed by atoms with van der Waals surface area (Å²) in [5.74, 6) is 0.633. The Bertz CT molecular complexity index is 650. The van der Waals surface area contributed by atoms with E-state index in [1.807, 2.05) is 55.6 Å². The first-order valence-corrected chi connectivity index (χ1v) is 7.97. The monoisotopic (exact) mass is 368 g/mol. The van der Waals surface area contributed by atoms with Gasteiger partial charge in [-0.25, -0.2) is 0 Å². The first kappa shape index (κ1) is 20.3. The molecule has 0 aliphatic rings. The minimum absolute atomic E-state index is 0. The Kier molecular flexibility index (Phi) is 9.23. The van der Waals surface area contributed by atoms with E-state index in [-0.39, 0.29) is 18.3 Å². The molecule has 1 amide bonds. The van der Waals surface area contributed by atoms with Crippen molar-refractivity contribution in [2.24, 2.45) is 0 Å². The molecule has 2 N–H and O–H groups in total. The highest BCUT2D eigenvalue weighted by Crippen LogP contribution is 2.25. The zero-order valence-electron chi connectivity index (χ0n) is 13.5. The maximum absolute atomic E-state index is 11.9. The van der Waals surface area contributed by atoms with Gasteiger partial charge in [0.25, 0.3) is 0 Å². The van der Waals surface area contributed by atoms with Crippen molar-refractivity contribution in [2.75, 3.05) is 18.9 Å². The second kappa shape index (κ2) is 10.9. The number of nitrogens with one attached hydrogen (secondary N) is 2. The number of para-hydroxylation sites is 2. The van der Waals surface area contributed by atoms with Gasteiger partial charge in [0, 0.05) is 11.4 Å².